The van der Waals surface area contributed by atoms with Gasteiger partial charge in [-0.1, -0.05) is 41.5 Å². The number of carbonyl (C=O) groups is 6. The lowest BCUT2D eigenvalue weighted by atomic mass is 9.91. The first-order valence-corrected chi connectivity index (χ1v) is 9.54. The van der Waals surface area contributed by atoms with E-state index in [4.69, 9.17) is 0 Å². The lowest BCUT2D eigenvalue weighted by molar-refractivity contribution is -0.171. The van der Waals surface area contributed by atoms with Crippen LogP contribution in [0.2, 0.25) is 0 Å². The van der Waals surface area contributed by atoms with Crippen LogP contribution < -0.4 is 0 Å². The molecule has 176 valence electrons. The molecule has 0 saturated carbocycles. The highest BCUT2D eigenvalue weighted by Gasteiger charge is 2.35. The SMILES string of the molecule is CC(C)(C)C(=O)OC(=O)C(=O)C(C)(C)C.CC(C)(C)C(=O)OC(=O)C(=O)C(C)(C)C.[MgH2]. The van der Waals surface area contributed by atoms with Crippen molar-refractivity contribution in [2.45, 2.75) is 83.1 Å². The van der Waals surface area contributed by atoms with Gasteiger partial charge in [0.05, 0.1) is 10.8 Å². The van der Waals surface area contributed by atoms with E-state index in [0.29, 0.717) is 0 Å². The minimum atomic E-state index is -1.08. The predicted octanol–water partition coefficient (Wildman–Crippen LogP) is 2.52. The normalized spacial score (nSPS) is 11.7. The molecule has 0 N–H and O–H groups in total. The van der Waals surface area contributed by atoms with Crippen molar-refractivity contribution in [3.05, 3.63) is 0 Å². The maximum Gasteiger partial charge on any atom is 0.382 e. The van der Waals surface area contributed by atoms with Crippen LogP contribution in [0.25, 0.3) is 0 Å². The van der Waals surface area contributed by atoms with Gasteiger partial charge in [-0.25, -0.2) is 9.59 Å². The molecule has 0 rings (SSSR count). The van der Waals surface area contributed by atoms with Crippen molar-refractivity contribution in [1.29, 1.82) is 0 Å². The number of hydrogen-bond acceptors (Lipinski definition) is 8. The number of hydrogen-bond donors (Lipinski definition) is 0. The van der Waals surface area contributed by atoms with E-state index in [2.05, 4.69) is 9.47 Å². The number of esters is 4. The van der Waals surface area contributed by atoms with E-state index in [9.17, 15) is 28.8 Å². The molecule has 0 aromatic rings. The van der Waals surface area contributed by atoms with Crippen LogP contribution in [0.5, 0.6) is 0 Å². The molecule has 0 aliphatic rings. The average Bonchev–Trinajstić information content (AvgIpc) is 2.50. The van der Waals surface area contributed by atoms with Crippen LogP contribution in [0.4, 0.5) is 0 Å². The molecule has 0 aliphatic heterocycles. The Labute approximate surface area is 201 Å². The molecule has 0 heterocycles. The van der Waals surface area contributed by atoms with Crippen LogP contribution in [-0.2, 0) is 38.2 Å². The van der Waals surface area contributed by atoms with Gasteiger partial charge in [-0.2, -0.15) is 0 Å². The van der Waals surface area contributed by atoms with Crippen molar-refractivity contribution in [1.82, 2.24) is 0 Å². The van der Waals surface area contributed by atoms with E-state index in [1.165, 1.54) is 0 Å². The lowest BCUT2D eigenvalue weighted by Gasteiger charge is -2.18. The molecular weight excluding hydrogens is 417 g/mol. The molecule has 0 aromatic carbocycles. The minimum Gasteiger partial charge on any atom is -0.387 e. The van der Waals surface area contributed by atoms with Crippen LogP contribution in [0.15, 0.2) is 0 Å². The van der Waals surface area contributed by atoms with Crippen molar-refractivity contribution in [2.75, 3.05) is 0 Å². The Balaban J connectivity index is -0.000000490. The van der Waals surface area contributed by atoms with Crippen LogP contribution in [0.3, 0.4) is 0 Å². The highest BCUT2D eigenvalue weighted by Crippen LogP contribution is 2.20. The standard InChI is InChI=1S/2C11H18O4.Mg.2H/c2*1-10(2,3)7(12)8(13)15-9(14)11(4,5)6;;;/h2*1-6H3;;;. The van der Waals surface area contributed by atoms with Gasteiger partial charge in [0, 0.05) is 10.8 Å². The first-order chi connectivity index (χ1) is 12.9. The molecule has 0 aliphatic carbocycles. The molecule has 9 heteroatoms. The lowest BCUT2D eigenvalue weighted by Crippen LogP contribution is -2.35. The van der Waals surface area contributed by atoms with E-state index in [0.717, 1.165) is 0 Å². The highest BCUT2D eigenvalue weighted by atomic mass is 24.3. The summed E-state index contributed by atoms with van der Waals surface area (Å²) in [5, 5.41) is 0. The molecule has 0 aromatic heterocycles. The molecule has 31 heavy (non-hydrogen) atoms. The first kappa shape index (κ1) is 34.0. The third-order valence-corrected chi connectivity index (χ3v) is 3.33. The summed E-state index contributed by atoms with van der Waals surface area (Å²) in [5.74, 6) is -4.93. The summed E-state index contributed by atoms with van der Waals surface area (Å²) in [6.45, 7) is 19.3. The molecule has 0 fully saturated rings. The second kappa shape index (κ2) is 11.9. The van der Waals surface area contributed by atoms with Crippen molar-refractivity contribution >= 4 is 58.5 Å². The zero-order valence-corrected chi connectivity index (χ0v) is 20.3. The molecule has 0 amide bonds. The Kier molecular flexibility index (Phi) is 13.0. The van der Waals surface area contributed by atoms with Gasteiger partial charge in [0.15, 0.2) is 0 Å². The second-order valence-electron chi connectivity index (χ2n) is 11.0. The summed E-state index contributed by atoms with van der Waals surface area (Å²) in [4.78, 5) is 67.9. The van der Waals surface area contributed by atoms with E-state index in [1.54, 1.807) is 83.1 Å². The molecule has 8 nitrogen and oxygen atoms in total. The van der Waals surface area contributed by atoms with Crippen LogP contribution in [-0.4, -0.2) is 58.5 Å². The summed E-state index contributed by atoms with van der Waals surface area (Å²) in [5.41, 5.74) is -3.22. The third kappa shape index (κ3) is 13.4. The topological polar surface area (TPSA) is 121 Å². The first-order valence-electron chi connectivity index (χ1n) is 9.54. The Morgan fingerprint density at radius 1 is 0.419 bits per heavy atom. The number of Topliss-reactive ketones (excluding diaryl/α,β-unsaturated/α-hetero) is 2. The van der Waals surface area contributed by atoms with Gasteiger partial charge in [-0.05, 0) is 41.5 Å². The van der Waals surface area contributed by atoms with E-state index >= 15 is 0 Å². The summed E-state index contributed by atoms with van der Waals surface area (Å²) in [6.07, 6.45) is 0. The average molecular weight is 455 g/mol. The summed E-state index contributed by atoms with van der Waals surface area (Å²) in [6, 6.07) is 0. The van der Waals surface area contributed by atoms with Crippen LogP contribution in [0, 0.1) is 21.7 Å². The minimum absolute atomic E-state index is 0. The van der Waals surface area contributed by atoms with Crippen molar-refractivity contribution in [3.63, 3.8) is 0 Å². The summed E-state index contributed by atoms with van der Waals surface area (Å²) >= 11 is 0. The fourth-order valence-electron chi connectivity index (χ4n) is 1.18. The van der Waals surface area contributed by atoms with E-state index in [-0.39, 0.29) is 23.1 Å². The zero-order valence-electron chi connectivity index (χ0n) is 20.3. The maximum absolute atomic E-state index is 11.4. The molecule has 0 radical (unpaired) electrons. The highest BCUT2D eigenvalue weighted by molar-refractivity contribution is 6.37. The van der Waals surface area contributed by atoms with Gasteiger partial charge < -0.3 is 9.47 Å². The Morgan fingerprint density at radius 2 is 0.613 bits per heavy atom. The Hall–Kier alpha value is -1.61. The predicted molar refractivity (Wildman–Crippen MR) is 119 cm³/mol. The van der Waals surface area contributed by atoms with E-state index in [1.807, 2.05) is 0 Å². The number of rotatable bonds is 2. The van der Waals surface area contributed by atoms with Crippen molar-refractivity contribution < 1.29 is 38.2 Å². The third-order valence-electron chi connectivity index (χ3n) is 3.33. The summed E-state index contributed by atoms with van der Waals surface area (Å²) < 4.78 is 8.95. The fourth-order valence-corrected chi connectivity index (χ4v) is 1.18. The quantitative estimate of drug-likeness (QED) is 0.270. The maximum atomic E-state index is 11.4. The zero-order chi connectivity index (χ0) is 24.9. The number of ether oxygens (including phenoxy) is 2. The van der Waals surface area contributed by atoms with Crippen molar-refractivity contribution in [3.8, 4) is 0 Å². The van der Waals surface area contributed by atoms with Gasteiger partial charge >= 0.3 is 46.9 Å². The van der Waals surface area contributed by atoms with Crippen LogP contribution in [0.1, 0.15) is 83.1 Å². The van der Waals surface area contributed by atoms with Crippen LogP contribution >= 0.6 is 0 Å². The Bertz CT molecular complexity index is 646. The molecule has 0 saturated heterocycles. The largest absolute Gasteiger partial charge is 0.387 e. The molecule has 0 unspecified atom stereocenters. The monoisotopic (exact) mass is 454 g/mol. The van der Waals surface area contributed by atoms with Gasteiger partial charge in [0.25, 0.3) is 0 Å². The molecular formula is C22H38MgO8. The van der Waals surface area contributed by atoms with Gasteiger partial charge in [-0.15, -0.1) is 0 Å². The number of ketones is 2. The molecule has 0 bridgehead atoms. The fraction of sp³-hybridized carbons (Fsp3) is 0.727. The molecule has 0 atom stereocenters. The van der Waals surface area contributed by atoms with E-state index < -0.39 is 57.1 Å². The smallest absolute Gasteiger partial charge is 0.382 e. The summed E-state index contributed by atoms with van der Waals surface area (Å²) in [7, 11) is 0. The van der Waals surface area contributed by atoms with Gasteiger partial charge in [0.2, 0.25) is 11.6 Å². The Morgan fingerprint density at radius 3 is 0.742 bits per heavy atom. The van der Waals surface area contributed by atoms with Gasteiger partial charge in [-0.3, -0.25) is 19.2 Å². The number of carbonyl (C=O) groups excluding carboxylic acids is 6. The molecule has 0 spiro atoms. The second-order valence-corrected chi connectivity index (χ2v) is 11.0. The van der Waals surface area contributed by atoms with Gasteiger partial charge in [0.1, 0.15) is 0 Å². The van der Waals surface area contributed by atoms with Crippen molar-refractivity contribution in [2.24, 2.45) is 21.7 Å².